The summed E-state index contributed by atoms with van der Waals surface area (Å²) < 4.78 is 21.2. The number of anilines is 1. The van der Waals surface area contributed by atoms with E-state index in [1.807, 2.05) is 6.07 Å². The highest BCUT2D eigenvalue weighted by molar-refractivity contribution is 5.96. The quantitative estimate of drug-likeness (QED) is 0.526. The third kappa shape index (κ3) is 6.24. The van der Waals surface area contributed by atoms with E-state index in [1.165, 1.54) is 7.11 Å². The Bertz CT molecular complexity index is 1000. The first-order valence-electron chi connectivity index (χ1n) is 9.55. The first-order valence-corrected chi connectivity index (χ1v) is 9.55. The summed E-state index contributed by atoms with van der Waals surface area (Å²) in [7, 11) is 3.10. The van der Waals surface area contributed by atoms with Gasteiger partial charge in [-0.15, -0.1) is 0 Å². The van der Waals surface area contributed by atoms with Crippen LogP contribution < -0.4 is 19.5 Å². The van der Waals surface area contributed by atoms with Crippen LogP contribution in [0.2, 0.25) is 0 Å². The smallest absolute Gasteiger partial charge is 0.345 e. The number of rotatable bonds is 9. The summed E-state index contributed by atoms with van der Waals surface area (Å²) in [6.45, 7) is -0.345. The molecular formula is C24H23NO6. The molecule has 0 saturated carbocycles. The number of nitrogens with one attached hydrogen (secondary N) is 1. The lowest BCUT2D eigenvalue weighted by atomic mass is 10.1. The molecule has 0 bridgehead atoms. The van der Waals surface area contributed by atoms with Crippen molar-refractivity contribution in [2.24, 2.45) is 0 Å². The lowest BCUT2D eigenvalue weighted by Crippen LogP contribution is -2.28. The zero-order chi connectivity index (χ0) is 22.1. The first kappa shape index (κ1) is 21.7. The summed E-state index contributed by atoms with van der Waals surface area (Å²) in [5, 5.41) is 2.76. The summed E-state index contributed by atoms with van der Waals surface area (Å²) in [6.07, 6.45) is -1.14. The summed E-state index contributed by atoms with van der Waals surface area (Å²) in [5.41, 5.74) is 1.07. The molecule has 31 heavy (non-hydrogen) atoms. The van der Waals surface area contributed by atoms with E-state index < -0.39 is 18.0 Å². The van der Waals surface area contributed by atoms with E-state index in [-0.39, 0.29) is 6.61 Å². The monoisotopic (exact) mass is 421 g/mol. The van der Waals surface area contributed by atoms with Crippen molar-refractivity contribution in [3.63, 3.8) is 0 Å². The highest BCUT2D eigenvalue weighted by Gasteiger charge is 2.25. The zero-order valence-electron chi connectivity index (χ0n) is 17.2. The maximum atomic E-state index is 12.9. The standard InChI is InChI=1S/C24H23NO6/c1-28-19-11-13-20(14-12-19)30-16-22(26)31-23(17-7-4-3-5-8-17)24(27)25-18-9-6-10-21(15-18)29-2/h3-15,23H,16H2,1-2H3,(H,25,27)/t23-/m1/s1. The average Bonchev–Trinajstić information content (AvgIpc) is 2.82. The second-order valence-electron chi connectivity index (χ2n) is 6.47. The number of carbonyl (C=O) groups is 2. The third-order valence-electron chi connectivity index (χ3n) is 4.34. The largest absolute Gasteiger partial charge is 0.497 e. The summed E-state index contributed by atoms with van der Waals surface area (Å²) >= 11 is 0. The second-order valence-corrected chi connectivity index (χ2v) is 6.47. The molecule has 0 fully saturated rings. The Labute approximate surface area is 180 Å². The van der Waals surface area contributed by atoms with Gasteiger partial charge in [-0.3, -0.25) is 4.79 Å². The molecule has 7 heteroatoms. The zero-order valence-corrected chi connectivity index (χ0v) is 17.2. The van der Waals surface area contributed by atoms with Crippen LogP contribution in [-0.2, 0) is 14.3 Å². The van der Waals surface area contributed by atoms with Gasteiger partial charge in [0.2, 0.25) is 6.10 Å². The third-order valence-corrected chi connectivity index (χ3v) is 4.34. The van der Waals surface area contributed by atoms with Crippen LogP contribution in [0.5, 0.6) is 17.2 Å². The number of hydrogen-bond acceptors (Lipinski definition) is 6. The van der Waals surface area contributed by atoms with E-state index in [9.17, 15) is 9.59 Å². The highest BCUT2D eigenvalue weighted by atomic mass is 16.6. The van der Waals surface area contributed by atoms with Gasteiger partial charge in [-0.2, -0.15) is 0 Å². The summed E-state index contributed by atoms with van der Waals surface area (Å²) in [6, 6.07) is 22.5. The van der Waals surface area contributed by atoms with E-state index in [4.69, 9.17) is 18.9 Å². The molecule has 160 valence electrons. The fourth-order valence-electron chi connectivity index (χ4n) is 2.79. The van der Waals surface area contributed by atoms with Crippen LogP contribution in [-0.4, -0.2) is 32.7 Å². The Balaban J connectivity index is 1.68. The van der Waals surface area contributed by atoms with Crippen LogP contribution >= 0.6 is 0 Å². The van der Waals surface area contributed by atoms with Gasteiger partial charge in [-0.1, -0.05) is 36.4 Å². The fraction of sp³-hybridized carbons (Fsp3) is 0.167. The lowest BCUT2D eigenvalue weighted by molar-refractivity contribution is -0.156. The van der Waals surface area contributed by atoms with E-state index in [1.54, 1.807) is 79.9 Å². The summed E-state index contributed by atoms with van der Waals surface area (Å²) in [4.78, 5) is 25.3. The molecule has 0 spiro atoms. The molecular weight excluding hydrogens is 398 g/mol. The van der Waals surface area contributed by atoms with Gasteiger partial charge in [0.25, 0.3) is 5.91 Å². The molecule has 0 radical (unpaired) electrons. The van der Waals surface area contributed by atoms with Crippen molar-refractivity contribution in [2.45, 2.75) is 6.10 Å². The van der Waals surface area contributed by atoms with Crippen molar-refractivity contribution in [3.8, 4) is 17.2 Å². The molecule has 3 aromatic rings. The molecule has 1 N–H and O–H groups in total. The molecule has 3 rings (SSSR count). The normalized spacial score (nSPS) is 11.2. The molecule has 3 aromatic carbocycles. The van der Waals surface area contributed by atoms with E-state index >= 15 is 0 Å². The van der Waals surface area contributed by atoms with Gasteiger partial charge in [0.15, 0.2) is 6.61 Å². The Hall–Kier alpha value is -4.00. The van der Waals surface area contributed by atoms with Crippen molar-refractivity contribution in [1.29, 1.82) is 0 Å². The predicted octanol–water partition coefficient (Wildman–Crippen LogP) is 4.01. The number of methoxy groups -OCH3 is 2. The van der Waals surface area contributed by atoms with Crippen LogP contribution in [0.25, 0.3) is 0 Å². The summed E-state index contributed by atoms with van der Waals surface area (Å²) in [5.74, 6) is 0.588. The molecule has 1 amide bonds. The Morgan fingerprint density at radius 1 is 0.806 bits per heavy atom. The van der Waals surface area contributed by atoms with Crippen molar-refractivity contribution in [2.75, 3.05) is 26.1 Å². The minimum absolute atomic E-state index is 0.345. The van der Waals surface area contributed by atoms with Gasteiger partial charge in [0.05, 0.1) is 14.2 Å². The maximum Gasteiger partial charge on any atom is 0.345 e. The Morgan fingerprint density at radius 3 is 2.16 bits per heavy atom. The van der Waals surface area contributed by atoms with Crippen molar-refractivity contribution in [3.05, 3.63) is 84.4 Å². The Kier molecular flexibility index (Phi) is 7.48. The number of esters is 1. The lowest BCUT2D eigenvalue weighted by Gasteiger charge is -2.18. The van der Waals surface area contributed by atoms with Crippen molar-refractivity contribution >= 4 is 17.6 Å². The van der Waals surface area contributed by atoms with Gasteiger partial charge < -0.3 is 24.3 Å². The minimum atomic E-state index is -1.14. The SMILES string of the molecule is COc1ccc(OCC(=O)O[C@@H](C(=O)Nc2cccc(OC)c2)c2ccccc2)cc1. The van der Waals surface area contributed by atoms with Gasteiger partial charge in [0.1, 0.15) is 17.2 Å². The maximum absolute atomic E-state index is 12.9. The molecule has 0 aliphatic rings. The topological polar surface area (TPSA) is 83.1 Å². The van der Waals surface area contributed by atoms with Crippen LogP contribution in [0.4, 0.5) is 5.69 Å². The van der Waals surface area contributed by atoms with E-state index in [0.29, 0.717) is 28.5 Å². The van der Waals surface area contributed by atoms with E-state index in [2.05, 4.69) is 5.32 Å². The van der Waals surface area contributed by atoms with Crippen molar-refractivity contribution in [1.82, 2.24) is 0 Å². The molecule has 1 atom stereocenters. The molecule has 0 aliphatic heterocycles. The highest BCUT2D eigenvalue weighted by Crippen LogP contribution is 2.23. The van der Waals surface area contributed by atoms with Crippen LogP contribution in [0.15, 0.2) is 78.9 Å². The average molecular weight is 421 g/mol. The van der Waals surface area contributed by atoms with Gasteiger partial charge in [-0.25, -0.2) is 4.79 Å². The number of amides is 1. The molecule has 0 unspecified atom stereocenters. The van der Waals surface area contributed by atoms with Crippen LogP contribution in [0.1, 0.15) is 11.7 Å². The predicted molar refractivity (Wildman–Crippen MR) is 115 cm³/mol. The minimum Gasteiger partial charge on any atom is -0.497 e. The number of ether oxygens (including phenoxy) is 4. The molecule has 0 heterocycles. The number of hydrogen-bond donors (Lipinski definition) is 1. The first-order chi connectivity index (χ1) is 15.1. The van der Waals surface area contributed by atoms with Gasteiger partial charge in [0, 0.05) is 17.3 Å². The van der Waals surface area contributed by atoms with Crippen LogP contribution in [0, 0.1) is 0 Å². The fourth-order valence-corrected chi connectivity index (χ4v) is 2.79. The van der Waals surface area contributed by atoms with Crippen LogP contribution in [0.3, 0.4) is 0 Å². The number of carbonyl (C=O) groups excluding carboxylic acids is 2. The molecule has 0 aliphatic carbocycles. The molecule has 7 nitrogen and oxygen atoms in total. The Morgan fingerprint density at radius 2 is 1.48 bits per heavy atom. The van der Waals surface area contributed by atoms with Gasteiger partial charge >= 0.3 is 5.97 Å². The molecule has 0 saturated heterocycles. The molecule has 0 aromatic heterocycles. The second kappa shape index (κ2) is 10.7. The number of benzene rings is 3. The van der Waals surface area contributed by atoms with E-state index in [0.717, 1.165) is 0 Å². The van der Waals surface area contributed by atoms with Crippen molar-refractivity contribution < 1.29 is 28.5 Å². The van der Waals surface area contributed by atoms with Gasteiger partial charge in [-0.05, 0) is 36.4 Å².